The molecule has 11 nitrogen and oxygen atoms in total. The maximum atomic E-state index is 13.0. The normalized spacial score (nSPS) is 39.7. The van der Waals surface area contributed by atoms with Gasteiger partial charge in [0.15, 0.2) is 0 Å². The van der Waals surface area contributed by atoms with E-state index >= 15 is 0 Å². The van der Waals surface area contributed by atoms with E-state index in [-0.39, 0.29) is 36.2 Å². The Morgan fingerprint density at radius 1 is 1.02 bits per heavy atom. The molecule has 0 bridgehead atoms. The number of aromatic amines is 1. The summed E-state index contributed by atoms with van der Waals surface area (Å²) in [7, 11) is 0. The van der Waals surface area contributed by atoms with E-state index in [4.69, 9.17) is 14.2 Å². The van der Waals surface area contributed by atoms with Crippen molar-refractivity contribution in [2.75, 3.05) is 6.61 Å². The van der Waals surface area contributed by atoms with E-state index in [2.05, 4.69) is 18.8 Å². The van der Waals surface area contributed by atoms with Crippen LogP contribution in [-0.4, -0.2) is 57.3 Å². The summed E-state index contributed by atoms with van der Waals surface area (Å²) in [5.41, 5.74) is -1.00. The summed E-state index contributed by atoms with van der Waals surface area (Å²) in [6, 6.07) is 0. The Hall–Kier alpha value is -2.06. The number of ketones is 1. The lowest BCUT2D eigenvalue weighted by Crippen LogP contribution is -2.54. The number of carbonyl (C=O) groups is 3. The van der Waals surface area contributed by atoms with E-state index in [9.17, 15) is 29.1 Å². The van der Waals surface area contributed by atoms with Gasteiger partial charge in [-0.2, -0.15) is 0 Å². The third kappa shape index (κ3) is 5.72. The second-order valence-electron chi connectivity index (χ2n) is 14.2. The Balaban J connectivity index is 1.01. The zero-order chi connectivity index (χ0) is 31.4. The van der Waals surface area contributed by atoms with Crippen molar-refractivity contribution in [3.63, 3.8) is 0 Å². The Morgan fingerprint density at radius 2 is 1.75 bits per heavy atom. The topological polar surface area (TPSA) is 154 Å². The maximum Gasteiger partial charge on any atom is 0.330 e. The summed E-state index contributed by atoms with van der Waals surface area (Å²) in [5, 5.41) is 9.78. The Bertz CT molecular complexity index is 1420. The molecule has 0 spiro atoms. The first-order valence-electron chi connectivity index (χ1n) is 16.1. The van der Waals surface area contributed by atoms with Crippen molar-refractivity contribution in [1.82, 2.24) is 9.55 Å². The van der Waals surface area contributed by atoms with E-state index in [0.717, 1.165) is 51.4 Å². The number of hydrogen-bond acceptors (Lipinski definition) is 9. The van der Waals surface area contributed by atoms with E-state index < -0.39 is 48.2 Å². The second kappa shape index (κ2) is 12.3. The molecule has 1 aliphatic heterocycles. The molecule has 6 rings (SSSR count). The first-order chi connectivity index (χ1) is 20.9. The number of fused-ring (bicyclic) bond motifs is 5. The highest BCUT2D eigenvalue weighted by molar-refractivity contribution is 14.1. The van der Waals surface area contributed by atoms with Crippen molar-refractivity contribution in [3.05, 3.63) is 30.6 Å². The van der Waals surface area contributed by atoms with E-state index in [0.29, 0.717) is 39.4 Å². The highest BCUT2D eigenvalue weighted by atomic mass is 125. The standard InChI is InChI=1S/C32H43IN2O9/c1-31-11-9-18(37)13-17(31)3-4-19-20-5-6-25(32(20,2)12-10-21(19)31)44-28(39)8-7-27(38)43-23-14-26(42-24(23)16-36)35-15-22(33)29(40)34-30(35)41/h15,17,19-21,23-26,36H,3-14,16H2,1-2H3,(H,34,40,41)/t17-,19?,20-,21?,23?,24?,25-,26?,31-,32-/m0/s1/i33-2. The first-order valence-corrected chi connectivity index (χ1v) is 17.2. The number of aliphatic hydroxyl groups is 1. The van der Waals surface area contributed by atoms with Gasteiger partial charge in [0.1, 0.15) is 30.3 Å². The Kier molecular flexibility index (Phi) is 8.90. The largest absolute Gasteiger partial charge is 0.462 e. The van der Waals surface area contributed by atoms with Crippen molar-refractivity contribution in [1.29, 1.82) is 0 Å². The third-order valence-corrected chi connectivity index (χ3v) is 12.8. The van der Waals surface area contributed by atoms with Gasteiger partial charge < -0.3 is 19.3 Å². The zero-order valence-electron chi connectivity index (χ0n) is 25.4. The Morgan fingerprint density at radius 3 is 2.50 bits per heavy atom. The van der Waals surface area contributed by atoms with Crippen molar-refractivity contribution in [3.8, 4) is 0 Å². The SMILES string of the molecule is C[C@]12CCC3C(CC[C@H]4CC(=O)CC[C@]34C)[C@@H]1CC[C@@H]2OC(=O)CCC(=O)OC1CC(n2cc([125I])c(=O)[nH]c2=O)OC1CO. The predicted octanol–water partition coefficient (Wildman–Crippen LogP) is 3.64. The van der Waals surface area contributed by atoms with E-state index in [1.807, 2.05) is 0 Å². The maximum absolute atomic E-state index is 13.0. The number of nitrogens with one attached hydrogen (secondary N) is 1. The lowest BCUT2D eigenvalue weighted by molar-refractivity contribution is -0.167. The molecule has 1 aromatic rings. The fraction of sp³-hybridized carbons (Fsp3) is 0.781. The number of esters is 2. The molecule has 12 heteroatoms. The van der Waals surface area contributed by atoms with Crippen LogP contribution in [0.1, 0.15) is 97.1 Å². The van der Waals surface area contributed by atoms with Crippen LogP contribution in [0.5, 0.6) is 0 Å². The molecule has 242 valence electrons. The van der Waals surface area contributed by atoms with E-state index in [1.54, 1.807) is 22.6 Å². The minimum atomic E-state index is -0.843. The van der Waals surface area contributed by atoms with Crippen LogP contribution >= 0.6 is 22.6 Å². The number of ether oxygens (including phenoxy) is 3. The van der Waals surface area contributed by atoms with E-state index in [1.165, 1.54) is 10.8 Å². The van der Waals surface area contributed by atoms with Gasteiger partial charge in [0.2, 0.25) is 0 Å². The van der Waals surface area contributed by atoms with Crippen molar-refractivity contribution >= 4 is 40.3 Å². The van der Waals surface area contributed by atoms with Crippen molar-refractivity contribution < 1.29 is 33.7 Å². The smallest absolute Gasteiger partial charge is 0.330 e. The van der Waals surface area contributed by atoms with Gasteiger partial charge in [-0.1, -0.05) is 13.8 Å². The number of halogens is 1. The van der Waals surface area contributed by atoms with Crippen LogP contribution in [0.4, 0.5) is 0 Å². The molecule has 10 atom stereocenters. The van der Waals surface area contributed by atoms with Crippen LogP contribution in [0.2, 0.25) is 0 Å². The molecule has 0 amide bonds. The number of H-pyrrole nitrogens is 1. The molecule has 5 aliphatic rings. The highest BCUT2D eigenvalue weighted by Gasteiger charge is 2.61. The van der Waals surface area contributed by atoms with Gasteiger partial charge in [-0.15, -0.1) is 0 Å². The summed E-state index contributed by atoms with van der Waals surface area (Å²) in [5.74, 6) is 1.66. The summed E-state index contributed by atoms with van der Waals surface area (Å²) in [6.07, 6.45) is 7.31. The van der Waals surface area contributed by atoms with Gasteiger partial charge >= 0.3 is 17.6 Å². The van der Waals surface area contributed by atoms with Crippen molar-refractivity contribution in [2.24, 2.45) is 34.5 Å². The van der Waals surface area contributed by atoms with Crippen LogP contribution in [-0.2, 0) is 28.6 Å². The van der Waals surface area contributed by atoms with Gasteiger partial charge in [0.05, 0.1) is 23.0 Å². The van der Waals surface area contributed by atoms with Gasteiger partial charge in [-0.3, -0.25) is 28.7 Å². The molecule has 4 aliphatic carbocycles. The summed E-state index contributed by atoms with van der Waals surface area (Å²) >= 11 is 1.81. The molecule has 2 N–H and O–H groups in total. The van der Waals surface area contributed by atoms with Gasteiger partial charge in [-0.25, -0.2) is 4.79 Å². The molecule has 1 saturated heterocycles. The van der Waals surface area contributed by atoms with Crippen molar-refractivity contribution in [2.45, 2.75) is 115 Å². The molecule has 5 fully saturated rings. The average molecular weight is 725 g/mol. The highest BCUT2D eigenvalue weighted by Crippen LogP contribution is 2.66. The molecule has 0 aromatic carbocycles. The van der Waals surface area contributed by atoms with Crippen LogP contribution < -0.4 is 11.2 Å². The summed E-state index contributed by atoms with van der Waals surface area (Å²) in [6.45, 7) is 4.29. The molecule has 4 saturated carbocycles. The molecule has 0 radical (unpaired) electrons. The number of nitrogens with zero attached hydrogens (tertiary/aromatic N) is 1. The fourth-order valence-corrected chi connectivity index (χ4v) is 10.1. The number of carbonyl (C=O) groups excluding carboxylic acids is 3. The molecular weight excluding hydrogens is 681 g/mol. The van der Waals surface area contributed by atoms with Crippen LogP contribution in [0, 0.1) is 38.1 Å². The second-order valence-corrected chi connectivity index (χ2v) is 15.4. The average Bonchev–Trinajstić information content (AvgIpc) is 3.54. The molecule has 5 unspecified atom stereocenters. The molecule has 1 aromatic heterocycles. The van der Waals surface area contributed by atoms with Gasteiger partial charge in [0.25, 0.3) is 5.56 Å². The number of hydrogen-bond donors (Lipinski definition) is 2. The van der Waals surface area contributed by atoms with Gasteiger partial charge in [0, 0.05) is 30.9 Å². The van der Waals surface area contributed by atoms with Gasteiger partial charge in [-0.05, 0) is 96.6 Å². The molecule has 2 heterocycles. The zero-order valence-corrected chi connectivity index (χ0v) is 27.6. The monoisotopic (exact) mass is 724 g/mol. The lowest BCUT2D eigenvalue weighted by Gasteiger charge is -2.60. The predicted molar refractivity (Wildman–Crippen MR) is 165 cm³/mol. The summed E-state index contributed by atoms with van der Waals surface area (Å²) in [4.78, 5) is 64.1. The van der Waals surface area contributed by atoms with Crippen LogP contribution in [0.15, 0.2) is 15.8 Å². The molecule has 44 heavy (non-hydrogen) atoms. The lowest BCUT2D eigenvalue weighted by atomic mass is 9.45. The summed E-state index contributed by atoms with van der Waals surface area (Å²) < 4.78 is 18.9. The third-order valence-electron chi connectivity index (χ3n) is 12.1. The Labute approximate surface area is 269 Å². The first kappa shape index (κ1) is 31.9. The van der Waals surface area contributed by atoms with Crippen LogP contribution in [0.25, 0.3) is 0 Å². The fourth-order valence-electron chi connectivity index (χ4n) is 9.67. The quantitative estimate of drug-likeness (QED) is 0.317. The minimum Gasteiger partial charge on any atom is -0.462 e. The minimum absolute atomic E-state index is 0.0762. The number of aromatic nitrogens is 2. The van der Waals surface area contributed by atoms with Crippen LogP contribution in [0.3, 0.4) is 0 Å². The number of Topliss-reactive ketones (excluding diaryl/α,β-unsaturated/α-hetero) is 1. The number of aliphatic hydroxyl groups excluding tert-OH is 1. The molecular formula is C32H43IN2O9. The number of rotatable bonds is 7.